The van der Waals surface area contributed by atoms with E-state index < -0.39 is 0 Å². The zero-order valence-electron chi connectivity index (χ0n) is 8.13. The lowest BCUT2D eigenvalue weighted by molar-refractivity contribution is 0.687. The van der Waals surface area contributed by atoms with Crippen LogP contribution in [0, 0.1) is 0 Å². The van der Waals surface area contributed by atoms with Crippen molar-refractivity contribution in [1.29, 1.82) is 0 Å². The number of nitrogens with one attached hydrogen (secondary N) is 1. The molecule has 13 heavy (non-hydrogen) atoms. The highest BCUT2D eigenvalue weighted by molar-refractivity contribution is 7.99. The van der Waals surface area contributed by atoms with E-state index in [-0.39, 0.29) is 0 Å². The second kappa shape index (κ2) is 3.62. The van der Waals surface area contributed by atoms with Crippen molar-refractivity contribution in [3.8, 4) is 0 Å². The van der Waals surface area contributed by atoms with Crippen molar-refractivity contribution >= 4 is 17.4 Å². The predicted octanol–water partition coefficient (Wildman–Crippen LogP) is 1.89. The number of aryl methyl sites for hydroxylation is 2. The van der Waals surface area contributed by atoms with Crippen LogP contribution in [0.5, 0.6) is 0 Å². The molecule has 0 fully saturated rings. The molecular weight excluding hydrogens is 182 g/mol. The molecule has 0 atom stereocenters. The molecule has 1 aromatic rings. The van der Waals surface area contributed by atoms with Gasteiger partial charge in [0.25, 0.3) is 0 Å². The summed E-state index contributed by atoms with van der Waals surface area (Å²) >= 11 is 1.91. The molecule has 0 aliphatic carbocycles. The van der Waals surface area contributed by atoms with Crippen molar-refractivity contribution in [3.63, 3.8) is 0 Å². The maximum Gasteiger partial charge on any atom is 0.117 e. The highest BCUT2D eigenvalue weighted by Gasteiger charge is 2.16. The van der Waals surface area contributed by atoms with Crippen LogP contribution >= 0.6 is 11.8 Å². The molecule has 0 spiro atoms. The number of aromatic nitrogens is 2. The molecule has 1 aromatic heterocycles. The lowest BCUT2D eigenvalue weighted by Gasteiger charge is -2.02. The van der Waals surface area contributed by atoms with E-state index in [1.807, 2.05) is 23.5 Å². The Morgan fingerprint density at radius 1 is 1.62 bits per heavy atom. The van der Waals surface area contributed by atoms with E-state index in [9.17, 15) is 0 Å². The molecule has 0 amide bonds. The van der Waals surface area contributed by atoms with E-state index in [4.69, 9.17) is 0 Å². The van der Waals surface area contributed by atoms with Crippen LogP contribution in [0.4, 0.5) is 5.69 Å². The quantitative estimate of drug-likeness (QED) is 0.745. The Kier molecular flexibility index (Phi) is 2.49. The number of thioether (sulfide) groups is 1. The Bertz CT molecular complexity index is 306. The van der Waals surface area contributed by atoms with Gasteiger partial charge in [0.05, 0.1) is 11.4 Å². The Hall–Kier alpha value is -0.640. The van der Waals surface area contributed by atoms with Gasteiger partial charge in [-0.2, -0.15) is 5.10 Å². The molecule has 0 bridgehead atoms. The molecule has 1 aliphatic rings. The summed E-state index contributed by atoms with van der Waals surface area (Å²) in [5.74, 6) is 1.20. The summed E-state index contributed by atoms with van der Waals surface area (Å²) in [6.45, 7) is 3.23. The van der Waals surface area contributed by atoms with E-state index >= 15 is 0 Å². The maximum absolute atomic E-state index is 4.49. The van der Waals surface area contributed by atoms with Gasteiger partial charge in [-0.3, -0.25) is 4.68 Å². The second-order valence-electron chi connectivity index (χ2n) is 3.23. The Morgan fingerprint density at radius 2 is 2.46 bits per heavy atom. The van der Waals surface area contributed by atoms with Crippen LogP contribution < -0.4 is 5.32 Å². The average Bonchev–Trinajstić information content (AvgIpc) is 2.38. The van der Waals surface area contributed by atoms with Gasteiger partial charge >= 0.3 is 0 Å². The maximum atomic E-state index is 4.49. The number of nitrogens with zero attached hydrogens (tertiary/aromatic N) is 2. The van der Waals surface area contributed by atoms with Crippen LogP contribution in [-0.2, 0) is 13.5 Å². The van der Waals surface area contributed by atoms with E-state index in [0.29, 0.717) is 0 Å². The summed E-state index contributed by atoms with van der Waals surface area (Å²) in [7, 11) is 2.03. The molecule has 1 N–H and O–H groups in total. The van der Waals surface area contributed by atoms with Gasteiger partial charge in [-0.25, -0.2) is 0 Å². The van der Waals surface area contributed by atoms with Crippen molar-refractivity contribution in [3.05, 3.63) is 5.69 Å². The molecule has 3 nitrogen and oxygen atoms in total. The first kappa shape index (κ1) is 8.94. The molecule has 0 unspecified atom stereocenters. The van der Waals surface area contributed by atoms with E-state index in [1.165, 1.54) is 28.6 Å². The van der Waals surface area contributed by atoms with E-state index in [1.54, 1.807) is 0 Å². The topological polar surface area (TPSA) is 29.9 Å². The standard InChI is InChI=1S/C9H15N3S/c1-3-7-8-9(12(2)11-7)13-6-4-5-10-8/h10H,3-6H2,1-2H3. The lowest BCUT2D eigenvalue weighted by Crippen LogP contribution is -2.01. The number of anilines is 1. The van der Waals surface area contributed by atoms with Gasteiger partial charge < -0.3 is 5.32 Å². The summed E-state index contributed by atoms with van der Waals surface area (Å²) in [6.07, 6.45) is 2.25. The number of hydrogen-bond donors (Lipinski definition) is 1. The van der Waals surface area contributed by atoms with Crippen LogP contribution in [0.1, 0.15) is 19.0 Å². The van der Waals surface area contributed by atoms with Crippen molar-refractivity contribution in [2.24, 2.45) is 7.05 Å². The van der Waals surface area contributed by atoms with E-state index in [2.05, 4.69) is 17.3 Å². The summed E-state index contributed by atoms with van der Waals surface area (Å²) in [5.41, 5.74) is 2.47. The fraction of sp³-hybridized carbons (Fsp3) is 0.667. The Morgan fingerprint density at radius 3 is 3.23 bits per heavy atom. The molecule has 1 aliphatic heterocycles. The molecule has 4 heteroatoms. The molecule has 2 heterocycles. The average molecular weight is 197 g/mol. The fourth-order valence-corrected chi connectivity index (χ4v) is 2.65. The largest absolute Gasteiger partial charge is 0.381 e. The van der Waals surface area contributed by atoms with Crippen molar-refractivity contribution in [2.75, 3.05) is 17.6 Å². The zero-order chi connectivity index (χ0) is 9.26. The van der Waals surface area contributed by atoms with Gasteiger partial charge in [-0.05, 0) is 12.8 Å². The van der Waals surface area contributed by atoms with Crippen LogP contribution in [0.3, 0.4) is 0 Å². The highest BCUT2D eigenvalue weighted by atomic mass is 32.2. The second-order valence-corrected chi connectivity index (χ2v) is 4.32. The SMILES string of the molecule is CCc1nn(C)c2c1NCCCS2. The predicted molar refractivity (Wildman–Crippen MR) is 56.4 cm³/mol. The van der Waals surface area contributed by atoms with E-state index in [0.717, 1.165) is 13.0 Å². The molecule has 0 saturated heterocycles. The van der Waals surface area contributed by atoms with Gasteiger partial charge in [-0.15, -0.1) is 11.8 Å². The first-order valence-corrected chi connectivity index (χ1v) is 5.74. The molecular formula is C9H15N3S. The third-order valence-corrected chi connectivity index (χ3v) is 3.50. The number of rotatable bonds is 1. The summed E-state index contributed by atoms with van der Waals surface area (Å²) < 4.78 is 2.00. The van der Waals surface area contributed by atoms with Gasteiger partial charge in [0.2, 0.25) is 0 Å². The minimum atomic E-state index is 1.01. The third-order valence-electron chi connectivity index (χ3n) is 2.26. The van der Waals surface area contributed by atoms with Crippen LogP contribution in [0.25, 0.3) is 0 Å². The molecule has 2 rings (SSSR count). The Balaban J connectivity index is 2.42. The minimum Gasteiger partial charge on any atom is -0.381 e. The van der Waals surface area contributed by atoms with Gasteiger partial charge in [0, 0.05) is 19.3 Å². The van der Waals surface area contributed by atoms with Gasteiger partial charge in [-0.1, -0.05) is 6.92 Å². The van der Waals surface area contributed by atoms with Crippen molar-refractivity contribution < 1.29 is 0 Å². The number of hydrogen-bond acceptors (Lipinski definition) is 3. The smallest absolute Gasteiger partial charge is 0.117 e. The van der Waals surface area contributed by atoms with Crippen LogP contribution in [0.2, 0.25) is 0 Å². The first-order chi connectivity index (χ1) is 6.33. The fourth-order valence-electron chi connectivity index (χ4n) is 1.61. The van der Waals surface area contributed by atoms with Crippen LogP contribution in [-0.4, -0.2) is 22.1 Å². The zero-order valence-corrected chi connectivity index (χ0v) is 8.95. The van der Waals surface area contributed by atoms with Gasteiger partial charge in [0.1, 0.15) is 5.03 Å². The summed E-state index contributed by atoms with van der Waals surface area (Å²) in [5, 5.41) is 9.25. The minimum absolute atomic E-state index is 1.01. The molecule has 0 saturated carbocycles. The monoisotopic (exact) mass is 197 g/mol. The van der Waals surface area contributed by atoms with Gasteiger partial charge in [0.15, 0.2) is 0 Å². The van der Waals surface area contributed by atoms with Crippen molar-refractivity contribution in [2.45, 2.75) is 24.8 Å². The number of fused-ring (bicyclic) bond motifs is 1. The normalized spacial score (nSPS) is 16.2. The Labute approximate surface area is 82.9 Å². The first-order valence-electron chi connectivity index (χ1n) is 4.75. The lowest BCUT2D eigenvalue weighted by atomic mass is 10.3. The summed E-state index contributed by atoms with van der Waals surface area (Å²) in [6, 6.07) is 0. The van der Waals surface area contributed by atoms with Crippen LogP contribution in [0.15, 0.2) is 5.03 Å². The molecule has 72 valence electrons. The summed E-state index contributed by atoms with van der Waals surface area (Å²) in [4.78, 5) is 0. The highest BCUT2D eigenvalue weighted by Crippen LogP contribution is 2.32. The third kappa shape index (κ3) is 1.55. The molecule has 0 aromatic carbocycles. The molecule has 0 radical (unpaired) electrons. The van der Waals surface area contributed by atoms with Crippen molar-refractivity contribution in [1.82, 2.24) is 9.78 Å².